The van der Waals surface area contributed by atoms with Crippen LogP contribution in [-0.4, -0.2) is 21.8 Å². The number of nitrogens with zero attached hydrogens (tertiary/aromatic N) is 2. The molecule has 1 aromatic carbocycles. The summed E-state index contributed by atoms with van der Waals surface area (Å²) in [5.74, 6) is -1.13. The molecule has 1 aromatic heterocycles. The van der Waals surface area contributed by atoms with E-state index in [1.807, 2.05) is 26.0 Å². The van der Waals surface area contributed by atoms with Gasteiger partial charge < -0.3 is 5.11 Å². The molecule has 0 aliphatic carbocycles. The highest BCUT2D eigenvalue weighted by molar-refractivity contribution is 9.10. The maximum atomic E-state index is 12.8. The number of anilines is 1. The number of carbonyl (C=O) groups is 2. The molecule has 0 saturated carbocycles. The molecule has 1 unspecified atom stereocenters. The minimum atomic E-state index is -0.669. The fourth-order valence-corrected chi connectivity index (χ4v) is 3.36. The van der Waals surface area contributed by atoms with Gasteiger partial charge in [-0.2, -0.15) is 0 Å². The summed E-state index contributed by atoms with van der Waals surface area (Å²) in [4.78, 5) is 31.1. The third-order valence-corrected chi connectivity index (χ3v) is 4.76. The lowest BCUT2D eigenvalue weighted by Crippen LogP contribution is -2.31. The molecular formula is C20H19BrN2O3. The Balaban J connectivity index is 2.12. The Kier molecular flexibility index (Phi) is 5.23. The van der Waals surface area contributed by atoms with Gasteiger partial charge in [-0.1, -0.05) is 29.8 Å². The number of ketones is 1. The van der Waals surface area contributed by atoms with Gasteiger partial charge in [0.05, 0.1) is 11.6 Å². The van der Waals surface area contributed by atoms with Gasteiger partial charge in [0.2, 0.25) is 0 Å². The Bertz CT molecular complexity index is 860. The van der Waals surface area contributed by atoms with Crippen molar-refractivity contribution in [3.05, 3.63) is 70.2 Å². The molecule has 1 aliphatic heterocycles. The fraction of sp³-hybridized carbons (Fsp3) is 0.250. The minimum Gasteiger partial charge on any atom is -0.503 e. The predicted molar refractivity (Wildman–Crippen MR) is 103 cm³/mol. The Hall–Kier alpha value is -2.47. The van der Waals surface area contributed by atoms with Crippen LogP contribution < -0.4 is 4.90 Å². The van der Waals surface area contributed by atoms with Gasteiger partial charge in [0.25, 0.3) is 5.91 Å². The monoisotopic (exact) mass is 414 g/mol. The summed E-state index contributed by atoms with van der Waals surface area (Å²) in [6.45, 7) is 3.86. The van der Waals surface area contributed by atoms with E-state index in [-0.39, 0.29) is 23.7 Å². The van der Waals surface area contributed by atoms with E-state index >= 15 is 0 Å². The molecule has 1 N–H and O–H groups in total. The van der Waals surface area contributed by atoms with Crippen molar-refractivity contribution < 1.29 is 14.7 Å². The number of aromatic nitrogens is 1. The summed E-state index contributed by atoms with van der Waals surface area (Å²) < 4.78 is 0.877. The van der Waals surface area contributed by atoms with E-state index in [4.69, 9.17) is 0 Å². The SMILES string of the molecule is CC(C)CC(=O)C1=C(O)C(=O)N(c2ccc(Br)cc2)C1c1ccncc1. The number of aliphatic hydroxyl groups excluding tert-OH is 1. The quantitative estimate of drug-likeness (QED) is 0.788. The van der Waals surface area contributed by atoms with Crippen LogP contribution in [0.15, 0.2) is 64.6 Å². The van der Waals surface area contributed by atoms with Gasteiger partial charge in [-0.25, -0.2) is 0 Å². The summed E-state index contributed by atoms with van der Waals surface area (Å²) in [5.41, 5.74) is 1.49. The number of hydrogen-bond acceptors (Lipinski definition) is 4. The second-order valence-corrected chi connectivity index (χ2v) is 7.53. The number of carbonyl (C=O) groups excluding carboxylic acids is 2. The number of amides is 1. The van der Waals surface area contributed by atoms with Crippen molar-refractivity contribution in [2.75, 3.05) is 4.90 Å². The topological polar surface area (TPSA) is 70.5 Å². The number of benzene rings is 1. The van der Waals surface area contributed by atoms with Gasteiger partial charge in [-0.3, -0.25) is 19.5 Å². The first-order valence-electron chi connectivity index (χ1n) is 8.35. The molecule has 1 atom stereocenters. The van der Waals surface area contributed by atoms with Crippen molar-refractivity contribution in [3.8, 4) is 0 Å². The lowest BCUT2D eigenvalue weighted by molar-refractivity contribution is -0.118. The van der Waals surface area contributed by atoms with Crippen LogP contribution in [0.1, 0.15) is 31.9 Å². The summed E-state index contributed by atoms with van der Waals surface area (Å²) in [5, 5.41) is 10.5. The van der Waals surface area contributed by atoms with Crippen molar-refractivity contribution in [2.24, 2.45) is 5.92 Å². The first-order chi connectivity index (χ1) is 12.4. The molecule has 0 bridgehead atoms. The molecule has 2 aromatic rings. The van der Waals surface area contributed by atoms with Gasteiger partial charge in [-0.15, -0.1) is 0 Å². The van der Waals surface area contributed by atoms with E-state index in [1.54, 1.807) is 36.7 Å². The second kappa shape index (κ2) is 7.41. The zero-order valence-electron chi connectivity index (χ0n) is 14.5. The first-order valence-corrected chi connectivity index (χ1v) is 9.14. The van der Waals surface area contributed by atoms with Crippen molar-refractivity contribution in [3.63, 3.8) is 0 Å². The summed E-state index contributed by atoms with van der Waals surface area (Å²) >= 11 is 3.38. The number of halogens is 1. The molecule has 0 radical (unpaired) electrons. The molecule has 1 aliphatic rings. The van der Waals surface area contributed by atoms with Crippen molar-refractivity contribution >= 4 is 33.3 Å². The van der Waals surface area contributed by atoms with Crippen LogP contribution in [0.2, 0.25) is 0 Å². The number of rotatable bonds is 5. The average Bonchev–Trinajstić information content (AvgIpc) is 2.88. The molecule has 134 valence electrons. The molecule has 6 heteroatoms. The van der Waals surface area contributed by atoms with Gasteiger partial charge in [0, 0.05) is 29.0 Å². The first kappa shape index (κ1) is 18.3. The van der Waals surface area contributed by atoms with E-state index in [0.29, 0.717) is 5.69 Å². The molecule has 0 spiro atoms. The molecule has 2 heterocycles. The normalized spacial score (nSPS) is 17.3. The van der Waals surface area contributed by atoms with E-state index < -0.39 is 17.7 Å². The highest BCUT2D eigenvalue weighted by Crippen LogP contribution is 2.41. The highest BCUT2D eigenvalue weighted by Gasteiger charge is 2.44. The van der Waals surface area contributed by atoms with Gasteiger partial charge in [0.15, 0.2) is 11.5 Å². The zero-order chi connectivity index (χ0) is 18.8. The van der Waals surface area contributed by atoms with Crippen LogP contribution in [0.25, 0.3) is 0 Å². The predicted octanol–water partition coefficient (Wildman–Crippen LogP) is 4.36. The van der Waals surface area contributed by atoms with Gasteiger partial charge in [-0.05, 0) is 47.9 Å². The van der Waals surface area contributed by atoms with Crippen LogP contribution in [0.3, 0.4) is 0 Å². The van der Waals surface area contributed by atoms with Crippen molar-refractivity contribution in [1.29, 1.82) is 0 Å². The largest absolute Gasteiger partial charge is 0.503 e. The molecular weight excluding hydrogens is 396 g/mol. The Morgan fingerprint density at radius 3 is 2.38 bits per heavy atom. The Labute approximate surface area is 160 Å². The third kappa shape index (κ3) is 3.42. The summed E-state index contributed by atoms with van der Waals surface area (Å²) in [6.07, 6.45) is 3.49. The molecule has 3 rings (SSSR count). The van der Waals surface area contributed by atoms with Crippen molar-refractivity contribution in [2.45, 2.75) is 26.3 Å². The van der Waals surface area contributed by atoms with E-state index in [0.717, 1.165) is 10.0 Å². The fourth-order valence-electron chi connectivity index (χ4n) is 3.10. The van der Waals surface area contributed by atoms with E-state index in [2.05, 4.69) is 20.9 Å². The van der Waals surface area contributed by atoms with Crippen LogP contribution in [0.5, 0.6) is 0 Å². The standard InChI is InChI=1S/C20H19BrN2O3/c1-12(2)11-16(24)17-18(13-7-9-22-10-8-13)23(20(26)19(17)25)15-5-3-14(21)4-6-15/h3-10,12,18,25H,11H2,1-2H3. The Morgan fingerprint density at radius 2 is 1.81 bits per heavy atom. The lowest BCUT2D eigenvalue weighted by atomic mass is 9.92. The van der Waals surface area contributed by atoms with Gasteiger partial charge in [0.1, 0.15) is 0 Å². The lowest BCUT2D eigenvalue weighted by Gasteiger charge is -2.27. The van der Waals surface area contributed by atoms with Crippen LogP contribution in [0, 0.1) is 5.92 Å². The van der Waals surface area contributed by atoms with Crippen LogP contribution in [-0.2, 0) is 9.59 Å². The summed E-state index contributed by atoms with van der Waals surface area (Å²) in [6, 6.07) is 10.0. The third-order valence-electron chi connectivity index (χ3n) is 4.23. The summed E-state index contributed by atoms with van der Waals surface area (Å²) in [7, 11) is 0. The highest BCUT2D eigenvalue weighted by atomic mass is 79.9. The molecule has 5 nitrogen and oxygen atoms in total. The van der Waals surface area contributed by atoms with Crippen LogP contribution >= 0.6 is 15.9 Å². The number of Topliss-reactive ketones (excluding diaryl/α,β-unsaturated/α-hetero) is 1. The smallest absolute Gasteiger partial charge is 0.294 e. The average molecular weight is 415 g/mol. The second-order valence-electron chi connectivity index (χ2n) is 6.62. The Morgan fingerprint density at radius 1 is 1.19 bits per heavy atom. The van der Waals surface area contributed by atoms with Crippen molar-refractivity contribution in [1.82, 2.24) is 4.98 Å². The number of aliphatic hydroxyl groups is 1. The van der Waals surface area contributed by atoms with E-state index in [9.17, 15) is 14.7 Å². The minimum absolute atomic E-state index is 0.123. The molecule has 0 saturated heterocycles. The molecule has 0 fully saturated rings. The molecule has 1 amide bonds. The maximum absolute atomic E-state index is 12.8. The van der Waals surface area contributed by atoms with Gasteiger partial charge >= 0.3 is 0 Å². The number of pyridine rings is 1. The maximum Gasteiger partial charge on any atom is 0.294 e. The van der Waals surface area contributed by atoms with Crippen LogP contribution in [0.4, 0.5) is 5.69 Å². The number of hydrogen-bond donors (Lipinski definition) is 1. The van der Waals surface area contributed by atoms with E-state index in [1.165, 1.54) is 4.90 Å². The molecule has 26 heavy (non-hydrogen) atoms. The zero-order valence-corrected chi connectivity index (χ0v) is 16.1.